The van der Waals surface area contributed by atoms with Crippen molar-refractivity contribution in [2.24, 2.45) is 11.3 Å². The second-order valence-corrected chi connectivity index (χ2v) is 7.62. The van der Waals surface area contributed by atoms with Crippen LogP contribution in [0, 0.1) is 40.9 Å². The fourth-order valence-electron chi connectivity index (χ4n) is 4.45. The maximum absolute atomic E-state index is 12.8. The van der Waals surface area contributed by atoms with E-state index in [0.29, 0.717) is 11.1 Å². The van der Waals surface area contributed by atoms with Crippen molar-refractivity contribution in [1.29, 1.82) is 10.5 Å². The summed E-state index contributed by atoms with van der Waals surface area (Å²) < 4.78 is 9.80. The van der Waals surface area contributed by atoms with Crippen molar-refractivity contribution >= 4 is 11.9 Å². The normalized spacial score (nSPS) is 21.7. The third-order valence-corrected chi connectivity index (χ3v) is 5.94. The Morgan fingerprint density at radius 1 is 0.938 bits per heavy atom. The van der Waals surface area contributed by atoms with Gasteiger partial charge in [-0.2, -0.15) is 10.5 Å². The summed E-state index contributed by atoms with van der Waals surface area (Å²) >= 11 is 0. The van der Waals surface area contributed by atoms with E-state index in [1.807, 2.05) is 6.92 Å². The zero-order valence-electron chi connectivity index (χ0n) is 17.9. The molecule has 0 aromatic heterocycles. The Kier molecular flexibility index (Phi) is 6.32. The zero-order valence-corrected chi connectivity index (χ0v) is 17.9. The number of rotatable bonds is 4. The van der Waals surface area contributed by atoms with Crippen LogP contribution in [0.4, 0.5) is 0 Å². The number of ether oxygens (including phenoxy) is 2. The molecule has 0 unspecified atom stereocenters. The Hall–Kier alpha value is -4.10. The molecule has 3 atom stereocenters. The minimum atomic E-state index is -1.93. The molecule has 0 saturated carbocycles. The van der Waals surface area contributed by atoms with Crippen molar-refractivity contribution in [3.8, 4) is 12.1 Å². The predicted octanol–water partition coefficient (Wildman–Crippen LogP) is 3.68. The van der Waals surface area contributed by atoms with Gasteiger partial charge in [0.25, 0.3) is 0 Å². The van der Waals surface area contributed by atoms with E-state index in [1.165, 1.54) is 0 Å². The number of aliphatic hydroxyl groups excluding tert-OH is 1. The first-order valence-corrected chi connectivity index (χ1v) is 9.89. The van der Waals surface area contributed by atoms with Gasteiger partial charge in [0.2, 0.25) is 0 Å². The smallest absolute Gasteiger partial charge is 0.337 e. The van der Waals surface area contributed by atoms with Crippen molar-refractivity contribution in [2.75, 3.05) is 14.2 Å². The third kappa shape index (κ3) is 3.48. The molecule has 0 saturated heterocycles. The van der Waals surface area contributed by atoms with E-state index < -0.39 is 40.9 Å². The summed E-state index contributed by atoms with van der Waals surface area (Å²) in [5.74, 6) is -6.08. The molecule has 2 aromatic rings. The van der Waals surface area contributed by atoms with E-state index in [-0.39, 0.29) is 5.57 Å². The van der Waals surface area contributed by atoms with Crippen LogP contribution in [0.25, 0.3) is 0 Å². The molecular weight excluding hydrogens is 408 g/mol. The lowest BCUT2D eigenvalue weighted by Crippen LogP contribution is -2.47. The average Bonchev–Trinajstić information content (AvgIpc) is 2.83. The molecule has 7 nitrogen and oxygen atoms in total. The minimum Gasteiger partial charge on any atom is -0.511 e. The lowest BCUT2D eigenvalue weighted by atomic mass is 9.54. The number of nitrogens with zero attached hydrogens (tertiary/aromatic N) is 2. The van der Waals surface area contributed by atoms with Gasteiger partial charge in [-0.15, -0.1) is 0 Å². The van der Waals surface area contributed by atoms with Gasteiger partial charge in [-0.25, -0.2) is 4.79 Å². The number of nitriles is 2. The summed E-state index contributed by atoms with van der Waals surface area (Å²) in [6.45, 7) is 1.88. The molecule has 0 radical (unpaired) electrons. The van der Waals surface area contributed by atoms with Gasteiger partial charge in [0.1, 0.15) is 11.7 Å². The van der Waals surface area contributed by atoms with E-state index in [9.17, 15) is 25.2 Å². The Morgan fingerprint density at radius 2 is 1.53 bits per heavy atom. The molecular formula is C25H22N2O5. The number of hydrogen-bond donors (Lipinski definition) is 1. The summed E-state index contributed by atoms with van der Waals surface area (Å²) in [5.41, 5.74) is -0.343. The number of aryl methyl sites for hydroxylation is 1. The molecule has 1 N–H and O–H groups in total. The van der Waals surface area contributed by atoms with Crippen LogP contribution in [0.5, 0.6) is 0 Å². The average molecular weight is 430 g/mol. The van der Waals surface area contributed by atoms with E-state index in [4.69, 9.17) is 9.47 Å². The van der Waals surface area contributed by atoms with Crippen LogP contribution in [0.2, 0.25) is 0 Å². The van der Waals surface area contributed by atoms with Gasteiger partial charge in [-0.3, -0.25) is 4.79 Å². The first-order chi connectivity index (χ1) is 15.4. The van der Waals surface area contributed by atoms with Crippen LogP contribution in [-0.4, -0.2) is 31.3 Å². The van der Waals surface area contributed by atoms with Gasteiger partial charge < -0.3 is 14.6 Å². The second-order valence-electron chi connectivity index (χ2n) is 7.62. The molecule has 0 bridgehead atoms. The quantitative estimate of drug-likeness (QED) is 0.735. The summed E-state index contributed by atoms with van der Waals surface area (Å²) in [5, 5.41) is 32.1. The summed E-state index contributed by atoms with van der Waals surface area (Å²) in [6.07, 6.45) is 0. The molecule has 32 heavy (non-hydrogen) atoms. The number of carbonyl (C=O) groups excluding carboxylic acids is 2. The summed E-state index contributed by atoms with van der Waals surface area (Å²) in [6, 6.07) is 19.7. The van der Waals surface area contributed by atoms with Gasteiger partial charge in [0, 0.05) is 5.92 Å². The van der Waals surface area contributed by atoms with Gasteiger partial charge >= 0.3 is 11.9 Å². The lowest BCUT2D eigenvalue weighted by Gasteiger charge is -2.44. The molecule has 0 aliphatic heterocycles. The molecule has 162 valence electrons. The zero-order chi connectivity index (χ0) is 23.5. The molecule has 2 aromatic carbocycles. The van der Waals surface area contributed by atoms with Gasteiger partial charge in [0.15, 0.2) is 5.41 Å². The third-order valence-electron chi connectivity index (χ3n) is 5.94. The van der Waals surface area contributed by atoms with Gasteiger partial charge in [-0.1, -0.05) is 60.2 Å². The van der Waals surface area contributed by atoms with E-state index in [1.54, 1.807) is 54.6 Å². The largest absolute Gasteiger partial charge is 0.511 e. The highest BCUT2D eigenvalue weighted by Crippen LogP contribution is 2.58. The SMILES string of the molecule is COC(=O)C1=C(O)[C@H](C(=O)OC)[C@@H](c2ccccc2)C(C#N)(C#N)[C@H]1c1ccc(C)cc1. The molecule has 7 heteroatoms. The van der Waals surface area contributed by atoms with E-state index in [2.05, 4.69) is 12.1 Å². The van der Waals surface area contributed by atoms with Crippen LogP contribution < -0.4 is 0 Å². The Balaban J connectivity index is 2.47. The van der Waals surface area contributed by atoms with Crippen LogP contribution in [0.15, 0.2) is 65.9 Å². The van der Waals surface area contributed by atoms with Crippen LogP contribution >= 0.6 is 0 Å². The first-order valence-electron chi connectivity index (χ1n) is 9.89. The molecule has 1 aliphatic rings. The number of carbonyl (C=O) groups is 2. The van der Waals surface area contributed by atoms with Crippen LogP contribution in [-0.2, 0) is 19.1 Å². The topological polar surface area (TPSA) is 120 Å². The second kappa shape index (κ2) is 8.95. The molecule has 0 heterocycles. The molecule has 0 fully saturated rings. The fourth-order valence-corrected chi connectivity index (χ4v) is 4.45. The standard InChI is InChI=1S/C25H22N2O5/c1-15-9-11-17(12-10-15)21-19(24(30)32-3)22(28)18(23(29)31-2)20(25(21,13-26)14-27)16-7-5-4-6-8-16/h4-12,18,20-21,28H,1-3H3/t18-,20-,21+/m1/s1. The molecule has 3 rings (SSSR count). The van der Waals surface area contributed by atoms with Gasteiger partial charge in [0.05, 0.1) is 37.8 Å². The maximum Gasteiger partial charge on any atom is 0.337 e. The summed E-state index contributed by atoms with van der Waals surface area (Å²) in [4.78, 5) is 25.7. The number of aliphatic hydroxyl groups is 1. The Bertz CT molecular complexity index is 1130. The Labute approximate surface area is 186 Å². The number of benzene rings is 2. The predicted molar refractivity (Wildman–Crippen MR) is 114 cm³/mol. The van der Waals surface area contributed by atoms with Crippen LogP contribution in [0.1, 0.15) is 28.5 Å². The molecule has 0 spiro atoms. The van der Waals surface area contributed by atoms with E-state index >= 15 is 0 Å². The first kappa shape index (κ1) is 22.6. The molecule has 1 aliphatic carbocycles. The van der Waals surface area contributed by atoms with Crippen molar-refractivity contribution < 1.29 is 24.2 Å². The highest BCUT2D eigenvalue weighted by atomic mass is 16.5. The maximum atomic E-state index is 12.8. The number of hydrogen-bond acceptors (Lipinski definition) is 7. The molecule has 0 amide bonds. The van der Waals surface area contributed by atoms with Gasteiger partial charge in [-0.05, 0) is 18.1 Å². The van der Waals surface area contributed by atoms with Crippen LogP contribution in [0.3, 0.4) is 0 Å². The van der Waals surface area contributed by atoms with Crippen molar-refractivity contribution in [3.63, 3.8) is 0 Å². The van der Waals surface area contributed by atoms with Crippen molar-refractivity contribution in [1.82, 2.24) is 0 Å². The van der Waals surface area contributed by atoms with Crippen molar-refractivity contribution in [3.05, 3.63) is 82.6 Å². The monoisotopic (exact) mass is 430 g/mol. The number of methoxy groups -OCH3 is 2. The highest BCUT2D eigenvalue weighted by Gasteiger charge is 2.61. The van der Waals surface area contributed by atoms with Crippen molar-refractivity contribution in [2.45, 2.75) is 18.8 Å². The lowest BCUT2D eigenvalue weighted by molar-refractivity contribution is -0.147. The highest BCUT2D eigenvalue weighted by molar-refractivity contribution is 5.94. The Morgan fingerprint density at radius 3 is 2.03 bits per heavy atom. The minimum absolute atomic E-state index is 0.304. The number of esters is 2. The fraction of sp³-hybridized carbons (Fsp3) is 0.280. The summed E-state index contributed by atoms with van der Waals surface area (Å²) in [7, 11) is 2.27. The van der Waals surface area contributed by atoms with E-state index in [0.717, 1.165) is 19.8 Å².